The van der Waals surface area contributed by atoms with E-state index in [1.807, 2.05) is 27.0 Å². The fourth-order valence-electron chi connectivity index (χ4n) is 10.2. The van der Waals surface area contributed by atoms with Crippen LogP contribution in [-0.2, 0) is 32.7 Å². The maximum absolute atomic E-state index is 14.7. The van der Waals surface area contributed by atoms with Crippen LogP contribution in [0.25, 0.3) is 0 Å². The minimum absolute atomic E-state index is 0.0239. The van der Waals surface area contributed by atoms with Crippen molar-refractivity contribution in [2.45, 2.75) is 74.6 Å². The molecule has 14 nitrogen and oxygen atoms in total. The summed E-state index contributed by atoms with van der Waals surface area (Å²) >= 11 is 1.48. The van der Waals surface area contributed by atoms with E-state index in [2.05, 4.69) is 21.2 Å². The van der Waals surface area contributed by atoms with Crippen LogP contribution < -0.4 is 29.0 Å². The van der Waals surface area contributed by atoms with E-state index in [1.165, 1.54) is 32.9 Å². The molecule has 4 bridgehead atoms. The average Bonchev–Trinajstić information content (AvgIpc) is 3.65. The van der Waals surface area contributed by atoms with E-state index in [0.29, 0.717) is 70.2 Å². The van der Waals surface area contributed by atoms with Gasteiger partial charge in [0.2, 0.25) is 6.79 Å². The predicted molar refractivity (Wildman–Crippen MR) is 198 cm³/mol. The van der Waals surface area contributed by atoms with Crippen LogP contribution in [0.3, 0.4) is 0 Å². The molecule has 0 aromatic heterocycles. The van der Waals surface area contributed by atoms with Gasteiger partial charge in [0.05, 0.1) is 37.6 Å². The number of piperazine rings is 1. The van der Waals surface area contributed by atoms with Crippen LogP contribution in [0.15, 0.2) is 18.2 Å². The molecule has 7 aliphatic heterocycles. The Hall–Kier alpha value is -4.88. The molecule has 2 saturated heterocycles. The number of carbonyl (C=O) groups excluding carboxylic acids is 2. The number of aryl methyl sites for hydroxylation is 1. The van der Waals surface area contributed by atoms with Gasteiger partial charge in [0, 0.05) is 53.6 Å². The topological polar surface area (TPSA) is 172 Å². The number of hydrogen-bond donors (Lipinski definition) is 3. The van der Waals surface area contributed by atoms with Crippen molar-refractivity contribution in [2.75, 3.05) is 47.0 Å². The normalized spacial score (nSPS) is 28.9. The first-order chi connectivity index (χ1) is 26.4. The van der Waals surface area contributed by atoms with E-state index in [-0.39, 0.29) is 42.4 Å². The average molecular weight is 771 g/mol. The molecule has 7 atom stereocenters. The van der Waals surface area contributed by atoms with Crippen molar-refractivity contribution in [3.05, 3.63) is 62.7 Å². The monoisotopic (exact) mass is 770 g/mol. The number of rotatable bonds is 3. The highest BCUT2D eigenvalue weighted by atomic mass is 32.2. The highest BCUT2D eigenvalue weighted by Crippen LogP contribution is 2.64. The molecular weight excluding hydrogens is 729 g/mol. The number of methoxy groups -OCH3 is 2. The number of benzene rings is 3. The summed E-state index contributed by atoms with van der Waals surface area (Å²) < 4.78 is 36.1. The summed E-state index contributed by atoms with van der Waals surface area (Å²) in [6.45, 7) is 5.28. The van der Waals surface area contributed by atoms with Crippen LogP contribution in [-0.4, -0.2) is 97.0 Å². The number of hydrogen-bond acceptors (Lipinski definition) is 15. The number of ether oxygens (including phenoxy) is 6. The summed E-state index contributed by atoms with van der Waals surface area (Å²) in [6, 6.07) is 5.28. The first-order valence-corrected chi connectivity index (χ1v) is 19.4. The van der Waals surface area contributed by atoms with E-state index >= 15 is 0 Å². The fourth-order valence-corrected chi connectivity index (χ4v) is 11.9. The highest BCUT2D eigenvalue weighted by molar-refractivity contribution is 7.99. The first-order valence-electron chi connectivity index (χ1n) is 18.3. The molecule has 0 aliphatic carbocycles. The van der Waals surface area contributed by atoms with Gasteiger partial charge in [0.15, 0.2) is 40.0 Å². The molecule has 10 rings (SSSR count). The van der Waals surface area contributed by atoms with Crippen molar-refractivity contribution in [3.8, 4) is 46.3 Å². The summed E-state index contributed by atoms with van der Waals surface area (Å²) in [5.41, 5.74) is 4.41. The molecule has 0 saturated carbocycles. The number of fused-ring (bicyclic) bond motifs is 9. The molecule has 3 N–H and O–H groups in total. The molecule has 7 heterocycles. The second kappa shape index (κ2) is 12.8. The number of likely N-dealkylation sites (N-methyl/N-ethyl adjacent to an activating group) is 1. The number of thioether (sulfide) groups is 1. The first kappa shape index (κ1) is 35.8. The van der Waals surface area contributed by atoms with Gasteiger partial charge in [-0.25, -0.2) is 4.79 Å². The number of phenols is 2. The summed E-state index contributed by atoms with van der Waals surface area (Å²) in [5, 5.41) is 36.9. The summed E-state index contributed by atoms with van der Waals surface area (Å²) in [6.07, 6.45) is 1.05. The van der Waals surface area contributed by atoms with E-state index in [9.17, 15) is 25.1 Å². The lowest BCUT2D eigenvalue weighted by Crippen LogP contribution is -2.69. The third kappa shape index (κ3) is 4.90. The summed E-state index contributed by atoms with van der Waals surface area (Å²) in [4.78, 5) is 32.0. The van der Waals surface area contributed by atoms with Crippen LogP contribution in [0, 0.1) is 25.2 Å². The van der Waals surface area contributed by atoms with Crippen LogP contribution in [0.1, 0.15) is 68.8 Å². The van der Waals surface area contributed by atoms with E-state index in [0.717, 1.165) is 16.7 Å². The minimum Gasteiger partial charge on any atom is -0.504 e. The van der Waals surface area contributed by atoms with E-state index < -0.39 is 46.9 Å². The van der Waals surface area contributed by atoms with Crippen molar-refractivity contribution in [3.63, 3.8) is 0 Å². The van der Waals surface area contributed by atoms with Crippen molar-refractivity contribution in [1.82, 2.24) is 15.1 Å². The van der Waals surface area contributed by atoms with Crippen molar-refractivity contribution >= 4 is 23.7 Å². The van der Waals surface area contributed by atoms with Gasteiger partial charge in [-0.3, -0.25) is 19.9 Å². The molecule has 0 amide bonds. The molecule has 1 spiro atoms. The number of aromatic hydroxyl groups is 2. The van der Waals surface area contributed by atoms with Gasteiger partial charge in [-0.05, 0) is 68.1 Å². The maximum Gasteiger partial charge on any atom is 0.331 e. The van der Waals surface area contributed by atoms with E-state index in [4.69, 9.17) is 28.4 Å². The van der Waals surface area contributed by atoms with Gasteiger partial charge < -0.3 is 38.6 Å². The van der Waals surface area contributed by atoms with Crippen molar-refractivity contribution in [2.24, 2.45) is 0 Å². The van der Waals surface area contributed by atoms with Crippen molar-refractivity contribution < 1.29 is 48.2 Å². The largest absolute Gasteiger partial charge is 0.504 e. The molecule has 2 fully saturated rings. The predicted octanol–water partition coefficient (Wildman–Crippen LogP) is 3.99. The molecular formula is C40H42N4O10S. The lowest BCUT2D eigenvalue weighted by molar-refractivity contribution is -0.157. The van der Waals surface area contributed by atoms with Crippen LogP contribution in [0.5, 0.6) is 40.2 Å². The SMILES string of the molecule is COc1cc2c(cc1O)CCN[C@]21CS[C@@H]2c3c(OC(C)=O)c(C)c4c(c3[C@@H](COC1=O)N1C(C#N)[C@H]3Cc5cc(C)c(OC)c(O)c5[C@H](C21)N3C)OCO4. The molecule has 2 unspecified atom stereocenters. The van der Waals surface area contributed by atoms with Gasteiger partial charge in [-0.15, -0.1) is 11.8 Å². The van der Waals surface area contributed by atoms with E-state index in [1.54, 1.807) is 12.1 Å². The minimum atomic E-state index is -1.36. The molecule has 3 aromatic rings. The van der Waals surface area contributed by atoms with Crippen molar-refractivity contribution in [1.29, 1.82) is 5.26 Å². The lowest BCUT2D eigenvalue weighted by Gasteiger charge is -2.62. The molecule has 7 aliphatic rings. The number of phenolic OH excluding ortho intramolecular Hbond substituents is 2. The number of nitrogens with zero attached hydrogens (tertiary/aromatic N) is 3. The van der Waals surface area contributed by atoms with Crippen LogP contribution in [0.4, 0.5) is 0 Å². The van der Waals surface area contributed by atoms with Crippen LogP contribution in [0.2, 0.25) is 0 Å². The molecule has 15 heteroatoms. The van der Waals surface area contributed by atoms with Crippen LogP contribution >= 0.6 is 11.8 Å². The Morgan fingerprint density at radius 3 is 2.56 bits per heavy atom. The zero-order chi connectivity index (χ0) is 38.7. The maximum atomic E-state index is 14.7. The standard InChI is InChI=1S/C40H42N4O10S/c1-17-9-21-10-23-24(13-41)44-25-14-51-39(48)40(22-12-27(49-5)26(46)11-20(22)7-8-42-40)15-55-38(32(44)31(43(23)4)28(21)33(47)34(17)50-6)30-29(25)37-36(52-16-53-37)18(2)35(30)54-19(3)45/h9,11-12,23-25,31-32,38,42,46-47H,7-8,10,14-16H2,1-6H3/t23-,24?,25-,31-,32?,38-,40-/m1/s1. The van der Waals surface area contributed by atoms with Gasteiger partial charge in [-0.1, -0.05) is 6.07 Å². The van der Waals surface area contributed by atoms with Gasteiger partial charge in [0.25, 0.3) is 0 Å². The third-order valence-corrected chi connectivity index (χ3v) is 13.9. The van der Waals surface area contributed by atoms with Gasteiger partial charge >= 0.3 is 11.9 Å². The Balaban J connectivity index is 1.33. The fraction of sp³-hybridized carbons (Fsp3) is 0.475. The lowest BCUT2D eigenvalue weighted by atomic mass is 9.71. The Morgan fingerprint density at radius 2 is 1.84 bits per heavy atom. The Bertz CT molecular complexity index is 2220. The Labute approximate surface area is 322 Å². The quantitative estimate of drug-likeness (QED) is 0.258. The number of nitrogens with one attached hydrogen (secondary N) is 1. The second-order valence-electron chi connectivity index (χ2n) is 15.1. The second-order valence-corrected chi connectivity index (χ2v) is 16.2. The molecule has 288 valence electrons. The number of nitriles is 1. The molecule has 3 aromatic carbocycles. The number of carbonyl (C=O) groups is 2. The number of esters is 2. The Morgan fingerprint density at radius 1 is 1.05 bits per heavy atom. The Kier molecular flexibility index (Phi) is 8.36. The molecule has 0 radical (unpaired) electrons. The van der Waals surface area contributed by atoms with Gasteiger partial charge in [0.1, 0.15) is 18.4 Å². The van der Waals surface area contributed by atoms with Gasteiger partial charge in [-0.2, -0.15) is 5.26 Å². The zero-order valence-corrected chi connectivity index (χ0v) is 32.2. The summed E-state index contributed by atoms with van der Waals surface area (Å²) in [5.74, 6) is 0.973. The highest BCUT2D eigenvalue weighted by Gasteiger charge is 2.62. The smallest absolute Gasteiger partial charge is 0.331 e. The summed E-state index contributed by atoms with van der Waals surface area (Å²) in [7, 11) is 4.99. The molecule has 55 heavy (non-hydrogen) atoms. The zero-order valence-electron chi connectivity index (χ0n) is 31.3. The third-order valence-electron chi connectivity index (χ3n) is 12.4.